The summed E-state index contributed by atoms with van der Waals surface area (Å²) in [6, 6.07) is 8.74. The van der Waals surface area contributed by atoms with Crippen molar-refractivity contribution >= 4 is 23.7 Å². The number of aromatic nitrogens is 1. The van der Waals surface area contributed by atoms with Crippen LogP contribution in [0.4, 0.5) is 0 Å². The number of amidine groups is 1. The van der Waals surface area contributed by atoms with Gasteiger partial charge in [0.1, 0.15) is 11.6 Å². The van der Waals surface area contributed by atoms with E-state index in [1.54, 1.807) is 18.2 Å². The Labute approximate surface area is 133 Å². The molecule has 2 aromatic rings. The van der Waals surface area contributed by atoms with Gasteiger partial charge in [0, 0.05) is 22.9 Å². The topological polar surface area (TPSA) is 108 Å². The molecule has 0 aliphatic carbocycles. The van der Waals surface area contributed by atoms with Gasteiger partial charge < -0.3 is 10.3 Å². The van der Waals surface area contributed by atoms with Crippen LogP contribution in [-0.2, 0) is 6.42 Å². The number of nitrogens with zero attached hydrogens (tertiary/aromatic N) is 2. The molecule has 0 saturated carbocycles. The highest BCUT2D eigenvalue weighted by molar-refractivity contribution is 7.97. The van der Waals surface area contributed by atoms with Gasteiger partial charge in [0.25, 0.3) is 0 Å². The molecule has 2 rings (SSSR count). The SMILES string of the molecule is CC(C)Cc1cc(C(=O)N=C(N)c2ccc(SN)cc2)no1. The van der Waals surface area contributed by atoms with Crippen molar-refractivity contribution in [3.63, 3.8) is 0 Å². The molecule has 7 heteroatoms. The van der Waals surface area contributed by atoms with Gasteiger partial charge in [-0.3, -0.25) is 9.93 Å². The Bertz CT molecular complexity index is 677. The summed E-state index contributed by atoms with van der Waals surface area (Å²) in [6.45, 7) is 4.12. The monoisotopic (exact) mass is 318 g/mol. The Morgan fingerprint density at radius 2 is 2.05 bits per heavy atom. The Balaban J connectivity index is 2.12. The van der Waals surface area contributed by atoms with E-state index in [-0.39, 0.29) is 11.5 Å². The first-order chi connectivity index (χ1) is 10.5. The lowest BCUT2D eigenvalue weighted by Gasteiger charge is -2.01. The molecule has 0 aliphatic heterocycles. The molecule has 116 valence electrons. The number of amides is 1. The number of hydrogen-bond acceptors (Lipinski definition) is 5. The molecule has 0 spiro atoms. The molecule has 0 unspecified atom stereocenters. The largest absolute Gasteiger partial charge is 0.383 e. The van der Waals surface area contributed by atoms with Crippen molar-refractivity contribution in [2.24, 2.45) is 21.8 Å². The van der Waals surface area contributed by atoms with Crippen LogP contribution in [0.15, 0.2) is 44.7 Å². The lowest BCUT2D eigenvalue weighted by atomic mass is 10.1. The summed E-state index contributed by atoms with van der Waals surface area (Å²) >= 11 is 1.14. The number of aliphatic imine (C=N–C) groups is 1. The molecule has 6 nitrogen and oxygen atoms in total. The average molecular weight is 318 g/mol. The highest BCUT2D eigenvalue weighted by atomic mass is 32.2. The zero-order valence-electron chi connectivity index (χ0n) is 12.4. The normalized spacial score (nSPS) is 11.9. The first kappa shape index (κ1) is 16.3. The molecule has 1 aromatic heterocycles. The molecule has 0 saturated heterocycles. The van der Waals surface area contributed by atoms with E-state index in [0.717, 1.165) is 23.3 Å². The highest BCUT2D eigenvalue weighted by Gasteiger charge is 2.13. The van der Waals surface area contributed by atoms with E-state index in [9.17, 15) is 4.79 Å². The van der Waals surface area contributed by atoms with Crippen LogP contribution >= 0.6 is 11.9 Å². The van der Waals surface area contributed by atoms with Gasteiger partial charge in [-0.2, -0.15) is 4.99 Å². The first-order valence-electron chi connectivity index (χ1n) is 6.81. The maximum absolute atomic E-state index is 12.0. The van der Waals surface area contributed by atoms with Crippen LogP contribution in [0.2, 0.25) is 0 Å². The van der Waals surface area contributed by atoms with Crippen LogP contribution in [0.1, 0.15) is 35.7 Å². The van der Waals surface area contributed by atoms with Crippen LogP contribution in [0.3, 0.4) is 0 Å². The summed E-state index contributed by atoms with van der Waals surface area (Å²) in [5.74, 6) is 0.695. The lowest BCUT2D eigenvalue weighted by Crippen LogP contribution is -2.16. The van der Waals surface area contributed by atoms with E-state index in [0.29, 0.717) is 17.2 Å². The predicted molar refractivity (Wildman–Crippen MR) is 86.6 cm³/mol. The van der Waals surface area contributed by atoms with Gasteiger partial charge >= 0.3 is 5.91 Å². The zero-order chi connectivity index (χ0) is 16.1. The first-order valence-corrected chi connectivity index (χ1v) is 7.69. The van der Waals surface area contributed by atoms with E-state index in [1.807, 2.05) is 12.1 Å². The Kier molecular flexibility index (Phi) is 5.35. The second kappa shape index (κ2) is 7.24. The molecule has 0 aliphatic rings. The molecular formula is C15H18N4O2S. The van der Waals surface area contributed by atoms with Crippen molar-refractivity contribution in [2.45, 2.75) is 25.2 Å². The van der Waals surface area contributed by atoms with E-state index >= 15 is 0 Å². The summed E-state index contributed by atoms with van der Waals surface area (Å²) in [4.78, 5) is 16.8. The predicted octanol–water partition coefficient (Wildman–Crippen LogP) is 2.38. The molecule has 0 bridgehead atoms. The van der Waals surface area contributed by atoms with Gasteiger partial charge in [-0.1, -0.05) is 31.1 Å². The third-order valence-electron chi connectivity index (χ3n) is 2.90. The molecule has 0 radical (unpaired) electrons. The summed E-state index contributed by atoms with van der Waals surface area (Å²) in [7, 11) is 0. The average Bonchev–Trinajstić information content (AvgIpc) is 2.95. The second-order valence-corrected chi connectivity index (χ2v) is 5.93. The Morgan fingerprint density at radius 1 is 1.36 bits per heavy atom. The maximum atomic E-state index is 12.0. The molecule has 0 atom stereocenters. The molecule has 22 heavy (non-hydrogen) atoms. The fraction of sp³-hybridized carbons (Fsp3) is 0.267. The number of carbonyl (C=O) groups is 1. The Hall–Kier alpha value is -2.12. The zero-order valence-corrected chi connectivity index (χ0v) is 13.3. The third kappa shape index (κ3) is 4.19. The van der Waals surface area contributed by atoms with Gasteiger partial charge in [0.05, 0.1) is 0 Å². The standard InChI is InChI=1S/C15H18N4O2S/c1-9(2)7-11-8-13(19-21-11)15(20)18-14(16)10-3-5-12(22-17)6-4-10/h3-6,8-9H,7,17H2,1-2H3,(H2,16,18,20). The van der Waals surface area contributed by atoms with Gasteiger partial charge in [-0.25, -0.2) is 0 Å². The van der Waals surface area contributed by atoms with E-state index in [4.69, 9.17) is 15.4 Å². The molecule has 1 amide bonds. The van der Waals surface area contributed by atoms with Crippen molar-refractivity contribution in [1.29, 1.82) is 0 Å². The van der Waals surface area contributed by atoms with E-state index < -0.39 is 5.91 Å². The van der Waals surface area contributed by atoms with Gasteiger partial charge in [0.2, 0.25) is 0 Å². The van der Waals surface area contributed by atoms with Crippen LogP contribution in [0.5, 0.6) is 0 Å². The number of rotatable bonds is 5. The fourth-order valence-electron chi connectivity index (χ4n) is 1.85. The van der Waals surface area contributed by atoms with Crippen LogP contribution in [-0.4, -0.2) is 16.9 Å². The molecule has 4 N–H and O–H groups in total. The minimum absolute atomic E-state index is 0.131. The van der Waals surface area contributed by atoms with E-state index in [2.05, 4.69) is 24.0 Å². The van der Waals surface area contributed by atoms with Gasteiger partial charge in [-0.15, -0.1) is 0 Å². The second-order valence-electron chi connectivity index (χ2n) is 5.22. The highest BCUT2D eigenvalue weighted by Crippen LogP contribution is 2.13. The number of carbonyl (C=O) groups excluding carboxylic acids is 1. The summed E-state index contributed by atoms with van der Waals surface area (Å²) in [6.07, 6.45) is 0.720. The quantitative estimate of drug-likeness (QED) is 0.498. The van der Waals surface area contributed by atoms with Crippen LogP contribution < -0.4 is 10.9 Å². The van der Waals surface area contributed by atoms with Crippen molar-refractivity contribution in [1.82, 2.24) is 5.16 Å². The molecule has 1 heterocycles. The maximum Gasteiger partial charge on any atom is 0.301 e. The number of nitrogens with two attached hydrogens (primary N) is 2. The summed E-state index contributed by atoms with van der Waals surface area (Å²) in [5, 5.41) is 9.19. The van der Waals surface area contributed by atoms with Crippen molar-refractivity contribution in [3.8, 4) is 0 Å². The minimum atomic E-state index is -0.520. The smallest absolute Gasteiger partial charge is 0.301 e. The number of benzene rings is 1. The Morgan fingerprint density at radius 3 is 2.64 bits per heavy atom. The minimum Gasteiger partial charge on any atom is -0.383 e. The van der Waals surface area contributed by atoms with Crippen molar-refractivity contribution in [3.05, 3.63) is 47.3 Å². The molecule has 0 fully saturated rings. The molecule has 1 aromatic carbocycles. The molecular weight excluding hydrogens is 300 g/mol. The fourth-order valence-corrected chi connectivity index (χ4v) is 2.14. The summed E-state index contributed by atoms with van der Waals surface area (Å²) < 4.78 is 5.12. The van der Waals surface area contributed by atoms with Crippen molar-refractivity contribution < 1.29 is 9.32 Å². The summed E-state index contributed by atoms with van der Waals surface area (Å²) in [5.41, 5.74) is 6.66. The third-order valence-corrected chi connectivity index (χ3v) is 3.44. The van der Waals surface area contributed by atoms with E-state index in [1.165, 1.54) is 0 Å². The van der Waals surface area contributed by atoms with Crippen LogP contribution in [0, 0.1) is 5.92 Å². The van der Waals surface area contributed by atoms with Gasteiger partial charge in [-0.05, 0) is 30.0 Å². The lowest BCUT2D eigenvalue weighted by molar-refractivity contribution is 0.0994. The van der Waals surface area contributed by atoms with Crippen molar-refractivity contribution in [2.75, 3.05) is 0 Å². The van der Waals surface area contributed by atoms with Crippen LogP contribution in [0.25, 0.3) is 0 Å². The van der Waals surface area contributed by atoms with Gasteiger partial charge in [0.15, 0.2) is 5.69 Å². The number of hydrogen-bond donors (Lipinski definition) is 2.